The lowest BCUT2D eigenvalue weighted by atomic mass is 9.91. The maximum Gasteiger partial charge on any atom is 0.409 e. The molecule has 194 valence electrons. The number of aliphatic hydroxyl groups is 1. The number of carbonyl (C=O) groups excluding carboxylic acids is 3. The molecule has 2 aromatic rings. The second-order valence-electron chi connectivity index (χ2n) is 8.15. The minimum Gasteiger partial charge on any atom is -0.490 e. The lowest BCUT2D eigenvalue weighted by Crippen LogP contribution is -2.52. The number of pyridine rings is 1. The molecule has 1 aliphatic rings. The second-order valence-corrected chi connectivity index (χ2v) is 8.15. The average Bonchev–Trinajstić information content (AvgIpc) is 2.86. The Bertz CT molecular complexity index is 1130. The molecule has 1 fully saturated rings. The largest absolute Gasteiger partial charge is 0.490 e. The average molecular weight is 503 g/mol. The molecule has 12 nitrogen and oxygen atoms in total. The third-order valence-electron chi connectivity index (χ3n) is 5.85. The zero-order valence-electron chi connectivity index (χ0n) is 20.0. The Morgan fingerprint density at radius 1 is 1.11 bits per heavy atom. The molecule has 1 atom stereocenters. The maximum absolute atomic E-state index is 13.7. The normalized spacial score (nSPS) is 14.4. The zero-order chi connectivity index (χ0) is 26.2. The van der Waals surface area contributed by atoms with Crippen LogP contribution in [0, 0.1) is 0 Å². The minimum absolute atomic E-state index is 0.0215. The van der Waals surface area contributed by atoms with E-state index < -0.39 is 29.8 Å². The Hall–Kier alpha value is -3.93. The topological polar surface area (TPSA) is 173 Å². The molecule has 3 amide bonds. The van der Waals surface area contributed by atoms with Crippen LogP contribution in [-0.4, -0.2) is 94.9 Å². The van der Waals surface area contributed by atoms with E-state index in [1.54, 1.807) is 31.2 Å². The van der Waals surface area contributed by atoms with E-state index in [0.717, 1.165) is 0 Å². The number of fused-ring (bicyclic) bond motifs is 1. The molecule has 1 saturated heterocycles. The summed E-state index contributed by atoms with van der Waals surface area (Å²) in [6.45, 7) is 2.39. The van der Waals surface area contributed by atoms with E-state index in [1.807, 2.05) is 0 Å². The highest BCUT2D eigenvalue weighted by Crippen LogP contribution is 2.36. The number of piperazine rings is 1. The van der Waals surface area contributed by atoms with Crippen molar-refractivity contribution in [1.82, 2.24) is 14.8 Å². The number of aromatic nitrogens is 1. The number of primary amides is 1. The van der Waals surface area contributed by atoms with Crippen LogP contribution in [-0.2, 0) is 14.3 Å². The SMILES string of the molecule is CCOC(=O)N1CCN(C(=O)C(CCC(=O)O)c2nc3ccccc3c(OCCO)c2C(N)=O)CC1. The number of para-hydroxylation sites is 1. The van der Waals surface area contributed by atoms with Gasteiger partial charge in [0.1, 0.15) is 17.9 Å². The lowest BCUT2D eigenvalue weighted by molar-refractivity contribution is -0.138. The van der Waals surface area contributed by atoms with Crippen molar-refractivity contribution >= 4 is 34.8 Å². The summed E-state index contributed by atoms with van der Waals surface area (Å²) in [5, 5.41) is 19.1. The summed E-state index contributed by atoms with van der Waals surface area (Å²) in [6, 6.07) is 6.79. The summed E-state index contributed by atoms with van der Waals surface area (Å²) in [4.78, 5) is 57.3. The van der Waals surface area contributed by atoms with E-state index in [-0.39, 0.29) is 75.8 Å². The van der Waals surface area contributed by atoms with Crippen molar-refractivity contribution in [3.8, 4) is 5.75 Å². The van der Waals surface area contributed by atoms with Gasteiger partial charge in [0.2, 0.25) is 5.91 Å². The third-order valence-corrected chi connectivity index (χ3v) is 5.85. The van der Waals surface area contributed by atoms with Crippen molar-refractivity contribution in [2.75, 3.05) is 46.0 Å². The van der Waals surface area contributed by atoms with Gasteiger partial charge in [-0.05, 0) is 25.5 Å². The molecule has 1 aliphatic heterocycles. The number of aliphatic carboxylic acids is 1. The van der Waals surface area contributed by atoms with E-state index in [4.69, 9.17) is 15.2 Å². The Morgan fingerprint density at radius 3 is 2.39 bits per heavy atom. The summed E-state index contributed by atoms with van der Waals surface area (Å²) in [5.74, 6) is -3.45. The fourth-order valence-electron chi connectivity index (χ4n) is 4.18. The molecule has 0 spiro atoms. The first kappa shape index (κ1) is 26.7. The molecule has 2 heterocycles. The first-order chi connectivity index (χ1) is 17.3. The van der Waals surface area contributed by atoms with Gasteiger partial charge < -0.3 is 35.2 Å². The first-order valence-corrected chi connectivity index (χ1v) is 11.7. The molecule has 0 aliphatic carbocycles. The number of amides is 3. The standard InChI is InChI=1S/C24H30N4O8/c1-2-35-24(34)28-11-9-27(10-12-28)23(33)16(7-8-18(30)31)20-19(22(25)32)21(36-14-13-29)15-5-3-4-6-17(15)26-20/h3-6,16,29H,2,7-14H2,1H3,(H2,25,32)(H,30,31). The van der Waals surface area contributed by atoms with E-state index in [9.17, 15) is 29.4 Å². The second kappa shape index (κ2) is 12.2. The molecule has 1 unspecified atom stereocenters. The molecule has 1 aromatic carbocycles. The molecule has 12 heteroatoms. The maximum atomic E-state index is 13.7. The summed E-state index contributed by atoms with van der Waals surface area (Å²) >= 11 is 0. The van der Waals surface area contributed by atoms with Gasteiger partial charge in [0, 0.05) is 38.0 Å². The van der Waals surface area contributed by atoms with Gasteiger partial charge in [-0.15, -0.1) is 0 Å². The van der Waals surface area contributed by atoms with Crippen LogP contribution >= 0.6 is 0 Å². The van der Waals surface area contributed by atoms with E-state index in [0.29, 0.717) is 10.9 Å². The zero-order valence-corrected chi connectivity index (χ0v) is 20.0. The number of rotatable bonds is 10. The highest BCUT2D eigenvalue weighted by atomic mass is 16.6. The highest BCUT2D eigenvalue weighted by molar-refractivity contribution is 6.04. The molecule has 0 saturated carbocycles. The summed E-state index contributed by atoms with van der Waals surface area (Å²) < 4.78 is 10.7. The number of carboxylic acid groups (broad SMARTS) is 1. The van der Waals surface area contributed by atoms with Crippen LogP contribution in [0.4, 0.5) is 4.79 Å². The number of nitrogens with two attached hydrogens (primary N) is 1. The van der Waals surface area contributed by atoms with E-state index >= 15 is 0 Å². The third kappa shape index (κ3) is 6.00. The summed E-state index contributed by atoms with van der Waals surface area (Å²) in [6.07, 6.45) is -0.944. The highest BCUT2D eigenvalue weighted by Gasteiger charge is 2.35. The Balaban J connectivity index is 2.03. The number of ether oxygens (including phenoxy) is 2. The molecule has 3 rings (SSSR count). The van der Waals surface area contributed by atoms with Crippen LogP contribution in [0.25, 0.3) is 10.9 Å². The van der Waals surface area contributed by atoms with Crippen LogP contribution in [0.3, 0.4) is 0 Å². The number of nitrogens with zero attached hydrogens (tertiary/aromatic N) is 3. The van der Waals surface area contributed by atoms with Gasteiger partial charge in [0.15, 0.2) is 0 Å². The minimum atomic E-state index is -1.11. The molecule has 1 aromatic heterocycles. The van der Waals surface area contributed by atoms with Crippen LogP contribution < -0.4 is 10.5 Å². The fourth-order valence-corrected chi connectivity index (χ4v) is 4.18. The van der Waals surface area contributed by atoms with Gasteiger partial charge in [0.05, 0.1) is 30.3 Å². The predicted octanol–water partition coefficient (Wildman–Crippen LogP) is 0.954. The fraction of sp³-hybridized carbons (Fsp3) is 0.458. The number of aliphatic hydroxyl groups excluding tert-OH is 1. The van der Waals surface area contributed by atoms with Crippen molar-refractivity contribution < 1.29 is 38.9 Å². The van der Waals surface area contributed by atoms with Crippen molar-refractivity contribution in [3.05, 3.63) is 35.5 Å². The molecule has 0 radical (unpaired) electrons. The van der Waals surface area contributed by atoms with Crippen LogP contribution in [0.1, 0.15) is 41.7 Å². The van der Waals surface area contributed by atoms with Gasteiger partial charge in [-0.25, -0.2) is 4.79 Å². The Morgan fingerprint density at radius 2 is 1.78 bits per heavy atom. The van der Waals surface area contributed by atoms with Crippen molar-refractivity contribution in [2.24, 2.45) is 5.73 Å². The Kier molecular flexibility index (Phi) is 9.01. The molecule has 0 bridgehead atoms. The Labute approximate surface area is 207 Å². The van der Waals surface area contributed by atoms with Crippen molar-refractivity contribution in [2.45, 2.75) is 25.7 Å². The number of carbonyl (C=O) groups is 4. The van der Waals surface area contributed by atoms with Gasteiger partial charge in [-0.1, -0.05) is 12.1 Å². The summed E-state index contributed by atoms with van der Waals surface area (Å²) in [7, 11) is 0. The van der Waals surface area contributed by atoms with Crippen LogP contribution in [0.2, 0.25) is 0 Å². The van der Waals surface area contributed by atoms with Gasteiger partial charge in [-0.2, -0.15) is 0 Å². The predicted molar refractivity (Wildman–Crippen MR) is 128 cm³/mol. The van der Waals surface area contributed by atoms with Crippen LogP contribution in [0.15, 0.2) is 24.3 Å². The number of hydrogen-bond donors (Lipinski definition) is 3. The quantitative estimate of drug-likeness (QED) is 0.427. The number of carboxylic acids is 1. The van der Waals surface area contributed by atoms with E-state index in [1.165, 1.54) is 9.80 Å². The van der Waals surface area contributed by atoms with Crippen LogP contribution in [0.5, 0.6) is 5.75 Å². The first-order valence-electron chi connectivity index (χ1n) is 11.7. The molecular formula is C24H30N4O8. The molecular weight excluding hydrogens is 472 g/mol. The van der Waals surface area contributed by atoms with Gasteiger partial charge >= 0.3 is 12.1 Å². The summed E-state index contributed by atoms with van der Waals surface area (Å²) in [5.41, 5.74) is 6.02. The monoisotopic (exact) mass is 502 g/mol. The van der Waals surface area contributed by atoms with E-state index in [2.05, 4.69) is 4.98 Å². The van der Waals surface area contributed by atoms with Gasteiger partial charge in [0.25, 0.3) is 5.91 Å². The van der Waals surface area contributed by atoms with Crippen molar-refractivity contribution in [3.63, 3.8) is 0 Å². The molecule has 36 heavy (non-hydrogen) atoms. The smallest absolute Gasteiger partial charge is 0.409 e. The molecule has 4 N–H and O–H groups in total. The van der Waals surface area contributed by atoms with Gasteiger partial charge in [-0.3, -0.25) is 19.4 Å². The number of hydrogen-bond acceptors (Lipinski definition) is 8. The lowest BCUT2D eigenvalue weighted by Gasteiger charge is -2.36. The number of benzene rings is 1. The van der Waals surface area contributed by atoms with Crippen molar-refractivity contribution in [1.29, 1.82) is 0 Å².